The van der Waals surface area contributed by atoms with Crippen LogP contribution in [0.4, 0.5) is 4.79 Å². The molecule has 1 N–H and O–H groups in total. The largest absolute Gasteiger partial charge is 0.331 e. The summed E-state index contributed by atoms with van der Waals surface area (Å²) >= 11 is 0. The molecular weight excluding hydrogens is 204 g/mol. The molecule has 1 aliphatic rings. The van der Waals surface area contributed by atoms with Crippen LogP contribution in [-0.4, -0.2) is 36.3 Å². The third-order valence-corrected chi connectivity index (χ3v) is 2.95. The molecule has 0 radical (unpaired) electrons. The van der Waals surface area contributed by atoms with Crippen LogP contribution in [0.2, 0.25) is 0 Å². The van der Waals surface area contributed by atoms with Crippen LogP contribution in [0.3, 0.4) is 0 Å². The summed E-state index contributed by atoms with van der Waals surface area (Å²) in [5, 5.41) is 2.70. The zero-order chi connectivity index (χ0) is 12.0. The molecule has 0 saturated carbocycles. The topological polar surface area (TPSA) is 49.4 Å². The van der Waals surface area contributed by atoms with Crippen molar-refractivity contribution in [2.45, 2.75) is 39.5 Å². The first-order valence-corrected chi connectivity index (χ1v) is 6.16. The molecule has 1 saturated heterocycles. The van der Waals surface area contributed by atoms with Gasteiger partial charge in [-0.1, -0.05) is 26.7 Å². The van der Waals surface area contributed by atoms with Gasteiger partial charge in [-0.05, 0) is 12.8 Å². The van der Waals surface area contributed by atoms with E-state index in [4.69, 9.17) is 0 Å². The lowest BCUT2D eigenvalue weighted by molar-refractivity contribution is -0.120. The van der Waals surface area contributed by atoms with Gasteiger partial charge in [-0.25, -0.2) is 4.79 Å². The highest BCUT2D eigenvalue weighted by Gasteiger charge is 2.16. The maximum Gasteiger partial charge on any atom is 0.317 e. The lowest BCUT2D eigenvalue weighted by atomic mass is 10.1. The van der Waals surface area contributed by atoms with Gasteiger partial charge in [0.15, 0.2) is 5.78 Å². The smallest absolute Gasteiger partial charge is 0.317 e. The molecule has 1 rings (SSSR count). The molecule has 1 aliphatic heterocycles. The van der Waals surface area contributed by atoms with E-state index < -0.39 is 0 Å². The molecule has 2 amide bonds. The Hall–Kier alpha value is -1.06. The van der Waals surface area contributed by atoms with Crippen molar-refractivity contribution >= 4 is 11.8 Å². The normalized spacial score (nSPS) is 17.1. The van der Waals surface area contributed by atoms with Crippen LogP contribution in [-0.2, 0) is 4.79 Å². The van der Waals surface area contributed by atoms with E-state index in [0.29, 0.717) is 0 Å². The van der Waals surface area contributed by atoms with Gasteiger partial charge in [0.2, 0.25) is 0 Å². The number of urea groups is 1. The second-order valence-electron chi connectivity index (χ2n) is 4.68. The van der Waals surface area contributed by atoms with Crippen LogP contribution in [0, 0.1) is 5.92 Å². The molecule has 0 aromatic carbocycles. The number of hydrogen-bond donors (Lipinski definition) is 1. The van der Waals surface area contributed by atoms with Gasteiger partial charge in [-0.3, -0.25) is 4.79 Å². The van der Waals surface area contributed by atoms with Gasteiger partial charge in [0, 0.05) is 19.0 Å². The minimum Gasteiger partial charge on any atom is -0.331 e. The van der Waals surface area contributed by atoms with E-state index in [2.05, 4.69) is 5.32 Å². The third-order valence-electron chi connectivity index (χ3n) is 2.95. The van der Waals surface area contributed by atoms with Crippen molar-refractivity contribution in [3.05, 3.63) is 0 Å². The molecule has 0 aliphatic carbocycles. The van der Waals surface area contributed by atoms with Gasteiger partial charge in [0.05, 0.1) is 6.54 Å². The molecule has 0 bridgehead atoms. The number of carbonyl (C=O) groups is 2. The quantitative estimate of drug-likeness (QED) is 0.797. The summed E-state index contributed by atoms with van der Waals surface area (Å²) < 4.78 is 0. The Morgan fingerprint density at radius 3 is 2.19 bits per heavy atom. The summed E-state index contributed by atoms with van der Waals surface area (Å²) in [6.45, 7) is 5.50. The molecule has 1 heterocycles. The van der Waals surface area contributed by atoms with Gasteiger partial charge in [0.25, 0.3) is 0 Å². The number of rotatable bonds is 3. The summed E-state index contributed by atoms with van der Waals surface area (Å²) in [5.41, 5.74) is 0. The highest BCUT2D eigenvalue weighted by molar-refractivity contribution is 5.86. The molecular formula is C12H22N2O2. The third kappa shape index (κ3) is 4.21. The number of hydrogen-bond acceptors (Lipinski definition) is 2. The monoisotopic (exact) mass is 226 g/mol. The van der Waals surface area contributed by atoms with E-state index in [1.807, 2.05) is 18.7 Å². The fourth-order valence-electron chi connectivity index (χ4n) is 1.75. The van der Waals surface area contributed by atoms with Crippen LogP contribution in [0.15, 0.2) is 0 Å². The van der Waals surface area contributed by atoms with E-state index in [0.717, 1.165) is 25.9 Å². The van der Waals surface area contributed by atoms with Crippen LogP contribution in [0.5, 0.6) is 0 Å². The van der Waals surface area contributed by atoms with Crippen LogP contribution < -0.4 is 5.32 Å². The lowest BCUT2D eigenvalue weighted by Crippen LogP contribution is -2.43. The minimum absolute atomic E-state index is 0.00978. The van der Waals surface area contributed by atoms with Crippen molar-refractivity contribution in [1.82, 2.24) is 10.2 Å². The first-order chi connectivity index (χ1) is 7.61. The van der Waals surface area contributed by atoms with Gasteiger partial charge in [-0.15, -0.1) is 0 Å². The SMILES string of the molecule is CC(C)C(=O)CNC(=O)N1CCCCCC1. The molecule has 1 fully saturated rings. The van der Waals surface area contributed by atoms with Crippen LogP contribution >= 0.6 is 0 Å². The minimum atomic E-state index is -0.0871. The maximum atomic E-state index is 11.7. The van der Waals surface area contributed by atoms with Gasteiger partial charge < -0.3 is 10.2 Å². The summed E-state index contributed by atoms with van der Waals surface area (Å²) in [6, 6.07) is -0.0871. The molecule has 4 heteroatoms. The Balaban J connectivity index is 2.30. The molecule has 0 unspecified atom stereocenters. The lowest BCUT2D eigenvalue weighted by Gasteiger charge is -2.20. The molecule has 4 nitrogen and oxygen atoms in total. The number of likely N-dealkylation sites (tertiary alicyclic amines) is 1. The highest BCUT2D eigenvalue weighted by atomic mass is 16.2. The first kappa shape index (κ1) is 13.0. The van der Waals surface area contributed by atoms with Gasteiger partial charge in [-0.2, -0.15) is 0 Å². The van der Waals surface area contributed by atoms with E-state index in [-0.39, 0.29) is 24.3 Å². The fraction of sp³-hybridized carbons (Fsp3) is 0.833. The predicted octanol–water partition coefficient (Wildman–Crippen LogP) is 1.80. The highest BCUT2D eigenvalue weighted by Crippen LogP contribution is 2.09. The van der Waals surface area contributed by atoms with Crippen molar-refractivity contribution < 1.29 is 9.59 Å². The van der Waals surface area contributed by atoms with Crippen molar-refractivity contribution in [2.24, 2.45) is 5.92 Å². The summed E-state index contributed by atoms with van der Waals surface area (Å²) in [7, 11) is 0. The fourth-order valence-corrected chi connectivity index (χ4v) is 1.75. The molecule has 92 valence electrons. The molecule has 0 aromatic heterocycles. The summed E-state index contributed by atoms with van der Waals surface area (Å²) in [6.07, 6.45) is 4.56. The summed E-state index contributed by atoms with van der Waals surface area (Å²) in [4.78, 5) is 24.9. The Morgan fingerprint density at radius 1 is 1.12 bits per heavy atom. The molecule has 0 aromatic rings. The van der Waals surface area contributed by atoms with E-state index in [9.17, 15) is 9.59 Å². The molecule has 0 spiro atoms. The van der Waals surface area contributed by atoms with Crippen molar-refractivity contribution in [2.75, 3.05) is 19.6 Å². The zero-order valence-electron chi connectivity index (χ0n) is 10.3. The number of nitrogens with one attached hydrogen (secondary N) is 1. The second kappa shape index (κ2) is 6.51. The van der Waals surface area contributed by atoms with E-state index in [1.54, 1.807) is 0 Å². The van der Waals surface area contributed by atoms with Gasteiger partial charge >= 0.3 is 6.03 Å². The molecule has 0 atom stereocenters. The van der Waals surface area contributed by atoms with Crippen molar-refractivity contribution in [1.29, 1.82) is 0 Å². The number of amides is 2. The Labute approximate surface area is 97.4 Å². The Bertz CT molecular complexity index is 243. The second-order valence-corrected chi connectivity index (χ2v) is 4.68. The Morgan fingerprint density at radius 2 is 1.69 bits per heavy atom. The Kier molecular flexibility index (Phi) is 5.29. The van der Waals surface area contributed by atoms with Crippen LogP contribution in [0.1, 0.15) is 39.5 Å². The van der Waals surface area contributed by atoms with E-state index in [1.165, 1.54) is 12.8 Å². The number of Topliss-reactive ketones (excluding diaryl/α,β-unsaturated/α-hetero) is 1. The standard InChI is InChI=1S/C12H22N2O2/c1-10(2)11(15)9-13-12(16)14-7-5-3-4-6-8-14/h10H,3-9H2,1-2H3,(H,13,16). The maximum absolute atomic E-state index is 11.7. The average Bonchev–Trinajstić information content (AvgIpc) is 2.53. The number of nitrogens with zero attached hydrogens (tertiary/aromatic N) is 1. The van der Waals surface area contributed by atoms with Crippen molar-refractivity contribution in [3.63, 3.8) is 0 Å². The first-order valence-electron chi connectivity index (χ1n) is 6.16. The average molecular weight is 226 g/mol. The number of ketones is 1. The van der Waals surface area contributed by atoms with Gasteiger partial charge in [0.1, 0.15) is 0 Å². The van der Waals surface area contributed by atoms with Crippen molar-refractivity contribution in [3.8, 4) is 0 Å². The zero-order valence-corrected chi connectivity index (χ0v) is 10.3. The number of carbonyl (C=O) groups excluding carboxylic acids is 2. The van der Waals surface area contributed by atoms with E-state index >= 15 is 0 Å². The predicted molar refractivity (Wildman–Crippen MR) is 63.3 cm³/mol. The summed E-state index contributed by atoms with van der Waals surface area (Å²) in [5.74, 6) is 0.0765. The molecule has 16 heavy (non-hydrogen) atoms. The van der Waals surface area contributed by atoms with Crippen LogP contribution in [0.25, 0.3) is 0 Å².